The lowest BCUT2D eigenvalue weighted by molar-refractivity contribution is 0.874. The molecule has 1 aromatic carbocycles. The summed E-state index contributed by atoms with van der Waals surface area (Å²) in [7, 11) is 0. The standard InChI is InChI=1S/C14H9BrCl2N4/c15-9-4-2-1-3-8(9)10-11(16)18-14-19-13(7-5-6-7)20-21(14)12(10)17/h1-4,7H,5-6H2. The van der Waals surface area contributed by atoms with Gasteiger partial charge in [-0.2, -0.15) is 14.5 Å². The SMILES string of the molecule is Clc1nc2nc(C3CC3)nn2c(Cl)c1-c1ccccc1Br. The normalized spacial score (nSPS) is 14.8. The second-order valence-electron chi connectivity index (χ2n) is 5.00. The van der Waals surface area contributed by atoms with Gasteiger partial charge in [0, 0.05) is 16.0 Å². The molecule has 0 atom stereocenters. The van der Waals surface area contributed by atoms with E-state index in [0.717, 1.165) is 28.7 Å². The van der Waals surface area contributed by atoms with Gasteiger partial charge in [-0.25, -0.2) is 0 Å². The quantitative estimate of drug-likeness (QED) is 0.600. The number of aromatic nitrogens is 4. The van der Waals surface area contributed by atoms with Crippen LogP contribution in [-0.2, 0) is 0 Å². The van der Waals surface area contributed by atoms with Crippen LogP contribution in [0.5, 0.6) is 0 Å². The van der Waals surface area contributed by atoms with Crippen LogP contribution in [0.25, 0.3) is 16.9 Å². The molecule has 0 aliphatic heterocycles. The molecule has 4 rings (SSSR count). The Balaban J connectivity index is 1.99. The van der Waals surface area contributed by atoms with Crippen molar-refractivity contribution < 1.29 is 0 Å². The molecule has 0 radical (unpaired) electrons. The smallest absolute Gasteiger partial charge is 0.198 e. The maximum atomic E-state index is 6.51. The summed E-state index contributed by atoms with van der Waals surface area (Å²) in [4.78, 5) is 8.75. The zero-order valence-corrected chi connectivity index (χ0v) is 13.8. The Labute approximate surface area is 139 Å². The van der Waals surface area contributed by atoms with E-state index in [1.807, 2.05) is 24.3 Å². The monoisotopic (exact) mass is 382 g/mol. The van der Waals surface area contributed by atoms with Crippen LogP contribution in [0.15, 0.2) is 28.7 Å². The summed E-state index contributed by atoms with van der Waals surface area (Å²) in [6.07, 6.45) is 2.25. The Morgan fingerprint density at radius 1 is 1.14 bits per heavy atom. The first-order valence-electron chi connectivity index (χ1n) is 6.51. The maximum Gasteiger partial charge on any atom is 0.255 e. The van der Waals surface area contributed by atoms with Gasteiger partial charge in [-0.15, -0.1) is 5.10 Å². The lowest BCUT2D eigenvalue weighted by Crippen LogP contribution is -1.98. The van der Waals surface area contributed by atoms with Crippen LogP contribution in [-0.4, -0.2) is 19.6 Å². The van der Waals surface area contributed by atoms with Crippen molar-refractivity contribution in [2.75, 3.05) is 0 Å². The van der Waals surface area contributed by atoms with E-state index in [4.69, 9.17) is 23.2 Å². The summed E-state index contributed by atoms with van der Waals surface area (Å²) >= 11 is 16.3. The molecule has 2 heterocycles. The van der Waals surface area contributed by atoms with Crippen LogP contribution in [0.4, 0.5) is 0 Å². The molecule has 7 heteroatoms. The molecule has 4 nitrogen and oxygen atoms in total. The third kappa shape index (κ3) is 2.24. The minimum absolute atomic E-state index is 0.328. The van der Waals surface area contributed by atoms with E-state index in [1.165, 1.54) is 0 Å². The van der Waals surface area contributed by atoms with Gasteiger partial charge in [0.25, 0.3) is 5.78 Å². The topological polar surface area (TPSA) is 43.1 Å². The van der Waals surface area contributed by atoms with Gasteiger partial charge in [0.2, 0.25) is 0 Å². The Morgan fingerprint density at radius 2 is 1.90 bits per heavy atom. The average molecular weight is 384 g/mol. The van der Waals surface area contributed by atoms with Crippen molar-refractivity contribution in [3.05, 3.63) is 44.9 Å². The van der Waals surface area contributed by atoms with E-state index in [-0.39, 0.29) is 0 Å². The van der Waals surface area contributed by atoms with E-state index < -0.39 is 0 Å². The summed E-state index contributed by atoms with van der Waals surface area (Å²) in [5.74, 6) is 1.68. The van der Waals surface area contributed by atoms with Crippen molar-refractivity contribution in [2.45, 2.75) is 18.8 Å². The Hall–Kier alpha value is -1.17. The van der Waals surface area contributed by atoms with Crippen molar-refractivity contribution in [3.63, 3.8) is 0 Å². The van der Waals surface area contributed by atoms with Gasteiger partial charge in [-0.05, 0) is 18.9 Å². The fourth-order valence-electron chi connectivity index (χ4n) is 2.26. The number of nitrogens with zero attached hydrogens (tertiary/aromatic N) is 4. The fraction of sp³-hybridized carbons (Fsp3) is 0.214. The van der Waals surface area contributed by atoms with Gasteiger partial charge in [-0.3, -0.25) is 0 Å². The number of rotatable bonds is 2. The molecule has 106 valence electrons. The number of hydrogen-bond donors (Lipinski definition) is 0. The van der Waals surface area contributed by atoms with Crippen LogP contribution in [0.2, 0.25) is 10.3 Å². The molecule has 0 unspecified atom stereocenters. The summed E-state index contributed by atoms with van der Waals surface area (Å²) in [5, 5.41) is 5.22. The van der Waals surface area contributed by atoms with E-state index in [2.05, 4.69) is 31.0 Å². The minimum Gasteiger partial charge on any atom is -0.198 e. The summed E-state index contributed by atoms with van der Waals surface area (Å²) < 4.78 is 2.47. The van der Waals surface area contributed by atoms with E-state index in [1.54, 1.807) is 4.52 Å². The zero-order valence-electron chi connectivity index (χ0n) is 10.7. The molecule has 0 spiro atoms. The Kier molecular flexibility index (Phi) is 3.17. The first-order chi connectivity index (χ1) is 10.1. The molecule has 2 aromatic heterocycles. The van der Waals surface area contributed by atoms with Crippen LogP contribution < -0.4 is 0 Å². The van der Waals surface area contributed by atoms with Crippen LogP contribution in [0.1, 0.15) is 24.6 Å². The maximum absolute atomic E-state index is 6.51. The fourth-order valence-corrected chi connectivity index (χ4v) is 3.36. The van der Waals surface area contributed by atoms with E-state index >= 15 is 0 Å². The largest absolute Gasteiger partial charge is 0.255 e. The van der Waals surface area contributed by atoms with Crippen molar-refractivity contribution in [3.8, 4) is 11.1 Å². The van der Waals surface area contributed by atoms with Crippen molar-refractivity contribution >= 4 is 44.9 Å². The molecular formula is C14H9BrCl2N4. The summed E-state index contributed by atoms with van der Waals surface area (Å²) in [6, 6.07) is 7.72. The lowest BCUT2D eigenvalue weighted by atomic mass is 10.1. The number of fused-ring (bicyclic) bond motifs is 1. The highest BCUT2D eigenvalue weighted by Crippen LogP contribution is 2.40. The third-order valence-corrected chi connectivity index (χ3v) is 4.80. The van der Waals surface area contributed by atoms with Crippen molar-refractivity contribution in [1.29, 1.82) is 0 Å². The molecule has 0 amide bonds. The van der Waals surface area contributed by atoms with Gasteiger partial charge in [0.05, 0.1) is 5.56 Å². The van der Waals surface area contributed by atoms with Crippen molar-refractivity contribution in [1.82, 2.24) is 19.6 Å². The molecule has 21 heavy (non-hydrogen) atoms. The van der Waals surface area contributed by atoms with Gasteiger partial charge in [-0.1, -0.05) is 57.3 Å². The van der Waals surface area contributed by atoms with Crippen LogP contribution in [0.3, 0.4) is 0 Å². The molecule has 0 bridgehead atoms. The Bertz CT molecular complexity index is 858. The highest BCUT2D eigenvalue weighted by molar-refractivity contribution is 9.10. The predicted molar refractivity (Wildman–Crippen MR) is 85.9 cm³/mol. The summed E-state index contributed by atoms with van der Waals surface area (Å²) in [6.45, 7) is 0. The highest BCUT2D eigenvalue weighted by Gasteiger charge is 2.29. The van der Waals surface area contributed by atoms with Crippen LogP contribution in [0, 0.1) is 0 Å². The molecule has 1 saturated carbocycles. The second-order valence-corrected chi connectivity index (χ2v) is 6.57. The van der Waals surface area contributed by atoms with Crippen molar-refractivity contribution in [2.24, 2.45) is 0 Å². The Morgan fingerprint density at radius 3 is 2.62 bits per heavy atom. The van der Waals surface area contributed by atoms with Gasteiger partial charge in [0.1, 0.15) is 10.3 Å². The molecule has 0 saturated heterocycles. The van der Waals surface area contributed by atoms with Gasteiger partial charge >= 0.3 is 0 Å². The highest BCUT2D eigenvalue weighted by atomic mass is 79.9. The first-order valence-corrected chi connectivity index (χ1v) is 8.06. The lowest BCUT2D eigenvalue weighted by Gasteiger charge is -2.09. The molecular weight excluding hydrogens is 375 g/mol. The third-order valence-electron chi connectivity index (χ3n) is 3.49. The minimum atomic E-state index is 0.328. The molecule has 1 aliphatic rings. The summed E-state index contributed by atoms with van der Waals surface area (Å²) in [5.41, 5.74) is 1.54. The molecule has 3 aromatic rings. The van der Waals surface area contributed by atoms with E-state index in [9.17, 15) is 0 Å². The zero-order chi connectivity index (χ0) is 14.6. The van der Waals surface area contributed by atoms with Gasteiger partial charge in [0.15, 0.2) is 5.82 Å². The molecule has 1 fully saturated rings. The van der Waals surface area contributed by atoms with Crippen LogP contribution >= 0.6 is 39.1 Å². The average Bonchev–Trinajstić information content (AvgIpc) is 3.22. The first kappa shape index (κ1) is 13.5. The predicted octanol–water partition coefficient (Wildman–Crippen LogP) is 4.74. The number of benzene rings is 1. The molecule has 0 N–H and O–H groups in total. The number of hydrogen-bond acceptors (Lipinski definition) is 3. The van der Waals surface area contributed by atoms with Gasteiger partial charge < -0.3 is 0 Å². The second kappa shape index (κ2) is 4.93. The molecule has 1 aliphatic carbocycles. The number of halogens is 3. The van der Waals surface area contributed by atoms with E-state index in [0.29, 0.717) is 27.6 Å².